The number of halogens is 1. The van der Waals surface area contributed by atoms with Crippen LogP contribution in [-0.2, 0) is 14.8 Å². The maximum absolute atomic E-state index is 12.9. The van der Waals surface area contributed by atoms with Crippen LogP contribution in [0.4, 0.5) is 15.8 Å². The van der Waals surface area contributed by atoms with E-state index in [1.807, 2.05) is 6.92 Å². The minimum atomic E-state index is -3.66. The van der Waals surface area contributed by atoms with Crippen LogP contribution in [0.25, 0.3) is 0 Å². The molecule has 0 spiro atoms. The van der Waals surface area contributed by atoms with Gasteiger partial charge in [-0.3, -0.25) is 9.10 Å². The molecule has 2 rings (SSSR count). The van der Waals surface area contributed by atoms with Crippen LogP contribution in [0.2, 0.25) is 0 Å². The minimum Gasteiger partial charge on any atom is -0.324 e. The van der Waals surface area contributed by atoms with E-state index in [9.17, 15) is 17.6 Å². The van der Waals surface area contributed by atoms with Crippen molar-refractivity contribution < 1.29 is 17.6 Å². The average Bonchev–Trinajstić information content (AvgIpc) is 2.50. The summed E-state index contributed by atoms with van der Waals surface area (Å²) in [7, 11) is -3.66. The number of amides is 1. The summed E-state index contributed by atoms with van der Waals surface area (Å²) in [6.07, 6.45) is 1.05. The normalized spacial score (nSPS) is 12.5. The first kappa shape index (κ1) is 17.9. The van der Waals surface area contributed by atoms with E-state index in [-0.39, 0.29) is 0 Å². The SMILES string of the molecule is Cc1ccc(N([C@H](C)C(=O)Nc2ccc(F)cc2)S(C)(=O)=O)cc1. The van der Waals surface area contributed by atoms with Gasteiger partial charge >= 0.3 is 0 Å². The first-order valence-electron chi connectivity index (χ1n) is 7.31. The molecule has 0 bridgehead atoms. The number of aryl methyl sites for hydroxylation is 1. The fourth-order valence-corrected chi connectivity index (χ4v) is 3.46. The second kappa shape index (κ2) is 7.00. The number of rotatable bonds is 5. The van der Waals surface area contributed by atoms with Crippen LogP contribution in [0.15, 0.2) is 48.5 Å². The molecule has 0 aromatic heterocycles. The summed E-state index contributed by atoms with van der Waals surface area (Å²) in [6, 6.07) is 11.1. The van der Waals surface area contributed by atoms with Crippen molar-refractivity contribution in [2.24, 2.45) is 0 Å². The van der Waals surface area contributed by atoms with Crippen LogP contribution < -0.4 is 9.62 Å². The Bertz CT molecular complexity index is 818. The van der Waals surface area contributed by atoms with Gasteiger partial charge in [0.2, 0.25) is 15.9 Å². The van der Waals surface area contributed by atoms with Crippen LogP contribution in [0, 0.1) is 12.7 Å². The third-order valence-electron chi connectivity index (χ3n) is 3.49. The maximum Gasteiger partial charge on any atom is 0.247 e. The van der Waals surface area contributed by atoms with Crippen LogP contribution in [0.3, 0.4) is 0 Å². The Labute approximate surface area is 141 Å². The molecule has 1 N–H and O–H groups in total. The highest BCUT2D eigenvalue weighted by Gasteiger charge is 2.29. The fourth-order valence-electron chi connectivity index (χ4n) is 2.28. The number of hydrogen-bond donors (Lipinski definition) is 1. The van der Waals surface area contributed by atoms with Gasteiger partial charge in [-0.1, -0.05) is 17.7 Å². The Hall–Kier alpha value is -2.41. The summed E-state index contributed by atoms with van der Waals surface area (Å²) in [5.74, 6) is -0.925. The van der Waals surface area contributed by atoms with Crippen molar-refractivity contribution >= 4 is 27.3 Å². The van der Waals surface area contributed by atoms with E-state index in [1.165, 1.54) is 31.2 Å². The predicted molar refractivity (Wildman–Crippen MR) is 93.0 cm³/mol. The Kier molecular flexibility index (Phi) is 5.23. The van der Waals surface area contributed by atoms with Crippen molar-refractivity contribution in [3.8, 4) is 0 Å². The van der Waals surface area contributed by atoms with Gasteiger partial charge in [-0.05, 0) is 50.2 Å². The van der Waals surface area contributed by atoms with E-state index in [1.54, 1.807) is 24.3 Å². The first-order chi connectivity index (χ1) is 11.2. The molecule has 24 heavy (non-hydrogen) atoms. The molecule has 0 saturated carbocycles. The molecule has 7 heteroatoms. The van der Waals surface area contributed by atoms with Gasteiger partial charge in [0.05, 0.1) is 11.9 Å². The number of hydrogen-bond acceptors (Lipinski definition) is 3. The van der Waals surface area contributed by atoms with Crippen molar-refractivity contribution in [1.29, 1.82) is 0 Å². The topological polar surface area (TPSA) is 66.5 Å². The number of carbonyl (C=O) groups is 1. The van der Waals surface area contributed by atoms with Gasteiger partial charge < -0.3 is 5.32 Å². The van der Waals surface area contributed by atoms with E-state index in [2.05, 4.69) is 5.32 Å². The van der Waals surface area contributed by atoms with Crippen molar-refractivity contribution in [2.75, 3.05) is 15.9 Å². The monoisotopic (exact) mass is 350 g/mol. The molecule has 0 aliphatic carbocycles. The molecular weight excluding hydrogens is 331 g/mol. The standard InChI is InChI=1S/C17H19FN2O3S/c1-12-4-10-16(11-5-12)20(24(3,22)23)13(2)17(21)19-15-8-6-14(18)7-9-15/h4-11,13H,1-3H3,(H,19,21)/t13-/m1/s1. The molecule has 0 aliphatic rings. The molecule has 5 nitrogen and oxygen atoms in total. The van der Waals surface area contributed by atoms with Crippen LogP contribution >= 0.6 is 0 Å². The lowest BCUT2D eigenvalue weighted by Gasteiger charge is -2.28. The summed E-state index contributed by atoms with van der Waals surface area (Å²) in [5, 5.41) is 2.59. The number of sulfonamides is 1. The van der Waals surface area contributed by atoms with E-state index in [0.29, 0.717) is 11.4 Å². The highest BCUT2D eigenvalue weighted by Crippen LogP contribution is 2.22. The predicted octanol–water partition coefficient (Wildman–Crippen LogP) is 2.93. The zero-order valence-electron chi connectivity index (χ0n) is 13.7. The maximum atomic E-state index is 12.9. The molecule has 0 saturated heterocycles. The third kappa shape index (κ3) is 4.32. The molecule has 0 unspecified atom stereocenters. The van der Waals surface area contributed by atoms with Crippen LogP contribution in [0.5, 0.6) is 0 Å². The van der Waals surface area contributed by atoms with Crippen molar-refractivity contribution in [2.45, 2.75) is 19.9 Å². The van der Waals surface area contributed by atoms with Gasteiger partial charge in [0.15, 0.2) is 0 Å². The molecule has 2 aromatic rings. The third-order valence-corrected chi connectivity index (χ3v) is 4.73. The number of carbonyl (C=O) groups excluding carboxylic acids is 1. The lowest BCUT2D eigenvalue weighted by Crippen LogP contribution is -2.45. The number of nitrogens with one attached hydrogen (secondary N) is 1. The smallest absolute Gasteiger partial charge is 0.247 e. The molecule has 1 atom stereocenters. The molecule has 0 heterocycles. The fraction of sp³-hybridized carbons (Fsp3) is 0.235. The van der Waals surface area contributed by atoms with Gasteiger partial charge in [0.25, 0.3) is 0 Å². The summed E-state index contributed by atoms with van der Waals surface area (Å²) in [5.41, 5.74) is 1.78. The van der Waals surface area contributed by atoms with Crippen molar-refractivity contribution in [1.82, 2.24) is 0 Å². The van der Waals surface area contributed by atoms with Crippen LogP contribution in [0.1, 0.15) is 12.5 Å². The first-order valence-corrected chi connectivity index (χ1v) is 9.16. The Morgan fingerprint density at radius 1 is 1.08 bits per heavy atom. The molecule has 0 aliphatic heterocycles. The Morgan fingerprint density at radius 3 is 2.12 bits per heavy atom. The molecule has 128 valence electrons. The van der Waals surface area contributed by atoms with Crippen molar-refractivity contribution in [3.05, 3.63) is 59.9 Å². The zero-order valence-corrected chi connectivity index (χ0v) is 14.5. The highest BCUT2D eigenvalue weighted by molar-refractivity contribution is 7.92. The molecule has 1 amide bonds. The summed E-state index contributed by atoms with van der Waals surface area (Å²) < 4.78 is 38.3. The van der Waals surface area contributed by atoms with Gasteiger partial charge in [-0.15, -0.1) is 0 Å². The largest absolute Gasteiger partial charge is 0.324 e. The second-order valence-corrected chi connectivity index (χ2v) is 7.43. The highest BCUT2D eigenvalue weighted by atomic mass is 32.2. The molecule has 0 fully saturated rings. The lowest BCUT2D eigenvalue weighted by atomic mass is 10.2. The quantitative estimate of drug-likeness (QED) is 0.902. The summed E-state index contributed by atoms with van der Waals surface area (Å²) in [4.78, 5) is 12.4. The number of nitrogens with zero attached hydrogens (tertiary/aromatic N) is 1. The van der Waals surface area contributed by atoms with Gasteiger partial charge in [0.1, 0.15) is 11.9 Å². The number of anilines is 2. The van der Waals surface area contributed by atoms with E-state index in [4.69, 9.17) is 0 Å². The summed E-state index contributed by atoms with van der Waals surface area (Å²) >= 11 is 0. The van der Waals surface area contributed by atoms with Gasteiger partial charge in [-0.25, -0.2) is 12.8 Å². The van der Waals surface area contributed by atoms with E-state index in [0.717, 1.165) is 16.1 Å². The minimum absolute atomic E-state index is 0.394. The average molecular weight is 350 g/mol. The van der Waals surface area contributed by atoms with Gasteiger partial charge in [-0.2, -0.15) is 0 Å². The molecule has 2 aromatic carbocycles. The molecule has 0 radical (unpaired) electrons. The van der Waals surface area contributed by atoms with Crippen molar-refractivity contribution in [3.63, 3.8) is 0 Å². The van der Waals surface area contributed by atoms with Gasteiger partial charge in [0, 0.05) is 5.69 Å². The van der Waals surface area contributed by atoms with Crippen LogP contribution in [-0.4, -0.2) is 26.6 Å². The Morgan fingerprint density at radius 2 is 1.62 bits per heavy atom. The number of benzene rings is 2. The summed E-state index contributed by atoms with van der Waals surface area (Å²) in [6.45, 7) is 3.39. The second-order valence-electron chi connectivity index (χ2n) is 5.57. The molecular formula is C17H19FN2O3S. The Balaban J connectivity index is 2.27. The van der Waals surface area contributed by atoms with E-state index < -0.39 is 27.8 Å². The lowest BCUT2D eigenvalue weighted by molar-refractivity contribution is -0.116. The zero-order chi connectivity index (χ0) is 17.9. The van der Waals surface area contributed by atoms with E-state index >= 15 is 0 Å².